The van der Waals surface area contributed by atoms with Gasteiger partial charge in [0.1, 0.15) is 0 Å². The van der Waals surface area contributed by atoms with E-state index in [0.717, 1.165) is 25.0 Å². The van der Waals surface area contributed by atoms with Crippen molar-refractivity contribution in [2.24, 2.45) is 7.05 Å². The van der Waals surface area contributed by atoms with Crippen molar-refractivity contribution in [3.05, 3.63) is 95.7 Å². The van der Waals surface area contributed by atoms with Gasteiger partial charge in [-0.2, -0.15) is 0 Å². The number of hydrogen-bond donors (Lipinski definition) is 1. The SMILES string of the molecule is C=CC[C@H](O)C1=CC[C@H]2c3c(c4ccccc4n3C)C[C@@H]1N2Cc1ccccc1. The molecule has 2 aliphatic heterocycles. The highest BCUT2D eigenvalue weighted by Gasteiger charge is 2.42. The summed E-state index contributed by atoms with van der Waals surface area (Å²) in [6, 6.07) is 20.0. The maximum absolute atomic E-state index is 10.9. The molecule has 0 saturated carbocycles. The van der Waals surface area contributed by atoms with Gasteiger partial charge in [-0.05, 0) is 42.0 Å². The Morgan fingerprint density at radius 3 is 2.66 bits per heavy atom. The fourth-order valence-corrected chi connectivity index (χ4v) is 5.42. The Bertz CT molecular complexity index is 1080. The molecule has 5 rings (SSSR count). The molecule has 3 heteroatoms. The first-order valence-electron chi connectivity index (χ1n) is 10.5. The third-order valence-electron chi connectivity index (χ3n) is 6.72. The van der Waals surface area contributed by atoms with Crippen LogP contribution in [0.2, 0.25) is 0 Å². The fourth-order valence-electron chi connectivity index (χ4n) is 5.42. The lowest BCUT2D eigenvalue weighted by molar-refractivity contribution is 0.0870. The maximum atomic E-state index is 10.9. The number of benzene rings is 2. The van der Waals surface area contributed by atoms with Crippen molar-refractivity contribution in [3.63, 3.8) is 0 Å². The van der Waals surface area contributed by atoms with E-state index in [4.69, 9.17) is 0 Å². The zero-order valence-electron chi connectivity index (χ0n) is 17.0. The van der Waals surface area contributed by atoms with Gasteiger partial charge in [0.25, 0.3) is 0 Å². The minimum absolute atomic E-state index is 0.224. The standard InChI is InChI=1S/C26H28N2O/c1-3-9-25(29)20-14-15-23-26-21(19-12-7-8-13-22(19)27(26)2)16-24(20)28(23)17-18-10-5-4-6-11-18/h3-8,10-14,23-25,29H,1,9,15-17H2,2H3/t23-,24-,25-/m0/s1. The number of rotatable bonds is 5. The Kier molecular flexibility index (Phi) is 4.65. The number of fused-ring (bicyclic) bond motifs is 6. The molecule has 3 atom stereocenters. The van der Waals surface area contributed by atoms with Crippen LogP contribution >= 0.6 is 0 Å². The number of hydrogen-bond acceptors (Lipinski definition) is 2. The zero-order chi connectivity index (χ0) is 20.0. The number of aromatic nitrogens is 1. The monoisotopic (exact) mass is 384 g/mol. The van der Waals surface area contributed by atoms with Gasteiger partial charge in [-0.15, -0.1) is 6.58 Å². The van der Waals surface area contributed by atoms with Crippen molar-refractivity contribution < 1.29 is 5.11 Å². The van der Waals surface area contributed by atoms with Gasteiger partial charge in [0.05, 0.1) is 12.1 Å². The molecule has 0 amide bonds. The quantitative estimate of drug-likeness (QED) is 0.633. The highest BCUT2D eigenvalue weighted by molar-refractivity contribution is 5.86. The van der Waals surface area contributed by atoms with Crippen molar-refractivity contribution >= 4 is 10.9 Å². The summed E-state index contributed by atoms with van der Waals surface area (Å²) >= 11 is 0. The molecule has 148 valence electrons. The van der Waals surface area contributed by atoms with Crippen LogP contribution in [0, 0.1) is 0 Å². The number of nitrogens with zero attached hydrogens (tertiary/aromatic N) is 2. The fraction of sp³-hybridized carbons (Fsp3) is 0.308. The van der Waals surface area contributed by atoms with Crippen LogP contribution in [0.4, 0.5) is 0 Å². The summed E-state index contributed by atoms with van der Waals surface area (Å²) in [5.41, 5.74) is 6.68. The molecule has 0 spiro atoms. The van der Waals surface area contributed by atoms with Crippen molar-refractivity contribution in [2.75, 3.05) is 0 Å². The average Bonchev–Trinajstić information content (AvgIpc) is 3.01. The van der Waals surface area contributed by atoms with E-state index in [1.165, 1.54) is 27.7 Å². The first-order chi connectivity index (χ1) is 14.2. The molecule has 0 unspecified atom stereocenters. The van der Waals surface area contributed by atoms with E-state index < -0.39 is 6.10 Å². The van der Waals surface area contributed by atoms with E-state index in [1.54, 1.807) is 0 Å². The Hall–Kier alpha value is -2.62. The second-order valence-electron chi connectivity index (χ2n) is 8.31. The summed E-state index contributed by atoms with van der Waals surface area (Å²) in [6.07, 6.45) is 6.16. The molecule has 1 aromatic heterocycles. The van der Waals surface area contributed by atoms with E-state index >= 15 is 0 Å². The molecular formula is C26H28N2O. The molecule has 1 N–H and O–H groups in total. The van der Waals surface area contributed by atoms with Crippen LogP contribution in [0.25, 0.3) is 10.9 Å². The molecule has 0 fully saturated rings. The van der Waals surface area contributed by atoms with Crippen molar-refractivity contribution in [1.29, 1.82) is 0 Å². The Morgan fingerprint density at radius 1 is 1.10 bits per heavy atom. The average molecular weight is 385 g/mol. The minimum Gasteiger partial charge on any atom is -0.388 e. The van der Waals surface area contributed by atoms with E-state index in [1.807, 2.05) is 6.08 Å². The summed E-state index contributed by atoms with van der Waals surface area (Å²) in [7, 11) is 2.20. The predicted octanol–water partition coefficient (Wildman–Crippen LogP) is 4.91. The molecule has 3 heterocycles. The summed E-state index contributed by atoms with van der Waals surface area (Å²) in [4.78, 5) is 2.61. The normalized spacial score (nSPS) is 22.2. The summed E-state index contributed by atoms with van der Waals surface area (Å²) < 4.78 is 2.39. The molecule has 29 heavy (non-hydrogen) atoms. The van der Waals surface area contributed by atoms with Crippen molar-refractivity contribution in [2.45, 2.75) is 44.0 Å². The molecule has 0 aliphatic carbocycles. The minimum atomic E-state index is -0.451. The summed E-state index contributed by atoms with van der Waals surface area (Å²) in [5.74, 6) is 0. The van der Waals surface area contributed by atoms with Crippen LogP contribution in [0.3, 0.4) is 0 Å². The van der Waals surface area contributed by atoms with E-state index in [2.05, 4.69) is 83.8 Å². The highest BCUT2D eigenvalue weighted by Crippen LogP contribution is 2.46. The van der Waals surface area contributed by atoms with Gasteiger partial charge < -0.3 is 9.67 Å². The van der Waals surface area contributed by atoms with E-state index in [9.17, 15) is 5.11 Å². The number of aliphatic hydroxyl groups is 1. The predicted molar refractivity (Wildman–Crippen MR) is 119 cm³/mol. The van der Waals surface area contributed by atoms with Gasteiger partial charge in [0.15, 0.2) is 0 Å². The molecular weight excluding hydrogens is 356 g/mol. The Morgan fingerprint density at radius 2 is 1.86 bits per heavy atom. The van der Waals surface area contributed by atoms with Crippen molar-refractivity contribution in [3.8, 4) is 0 Å². The third-order valence-corrected chi connectivity index (χ3v) is 6.72. The van der Waals surface area contributed by atoms with Crippen LogP contribution in [-0.4, -0.2) is 26.7 Å². The molecule has 0 saturated heterocycles. The summed E-state index contributed by atoms with van der Waals surface area (Å²) in [6.45, 7) is 4.74. The lowest BCUT2D eigenvalue weighted by Crippen LogP contribution is -2.49. The Balaban J connectivity index is 1.63. The topological polar surface area (TPSA) is 28.4 Å². The molecule has 3 aromatic rings. The van der Waals surface area contributed by atoms with Crippen LogP contribution in [0.1, 0.15) is 35.7 Å². The van der Waals surface area contributed by atoms with Crippen molar-refractivity contribution in [1.82, 2.24) is 9.47 Å². The number of para-hydroxylation sites is 1. The number of aliphatic hydroxyl groups excluding tert-OH is 1. The lowest BCUT2D eigenvalue weighted by atomic mass is 9.79. The smallest absolute Gasteiger partial charge is 0.0799 e. The molecule has 2 aliphatic rings. The van der Waals surface area contributed by atoms with Gasteiger partial charge in [-0.1, -0.05) is 60.7 Å². The van der Waals surface area contributed by atoms with Crippen LogP contribution in [0.5, 0.6) is 0 Å². The molecule has 3 nitrogen and oxygen atoms in total. The van der Waals surface area contributed by atoms with Gasteiger partial charge in [-0.3, -0.25) is 4.90 Å². The summed E-state index contributed by atoms with van der Waals surface area (Å²) in [5, 5.41) is 12.2. The zero-order valence-corrected chi connectivity index (χ0v) is 17.0. The second-order valence-corrected chi connectivity index (χ2v) is 8.31. The number of aryl methyl sites for hydroxylation is 1. The second kappa shape index (κ2) is 7.33. The molecule has 2 aromatic carbocycles. The third kappa shape index (κ3) is 2.97. The van der Waals surface area contributed by atoms with Crippen LogP contribution < -0.4 is 0 Å². The van der Waals surface area contributed by atoms with E-state index in [0.29, 0.717) is 12.5 Å². The molecule has 2 bridgehead atoms. The van der Waals surface area contributed by atoms with Gasteiger partial charge in [0, 0.05) is 36.2 Å². The van der Waals surface area contributed by atoms with Gasteiger partial charge in [0.2, 0.25) is 0 Å². The first kappa shape index (κ1) is 18.4. The van der Waals surface area contributed by atoms with Gasteiger partial charge in [-0.25, -0.2) is 0 Å². The Labute approximate surface area is 172 Å². The maximum Gasteiger partial charge on any atom is 0.0799 e. The lowest BCUT2D eigenvalue weighted by Gasteiger charge is -2.47. The molecule has 0 radical (unpaired) electrons. The first-order valence-corrected chi connectivity index (χ1v) is 10.5. The van der Waals surface area contributed by atoms with E-state index in [-0.39, 0.29) is 6.04 Å². The van der Waals surface area contributed by atoms with Crippen LogP contribution in [-0.2, 0) is 20.0 Å². The van der Waals surface area contributed by atoms with Crippen LogP contribution in [0.15, 0.2) is 78.9 Å². The largest absolute Gasteiger partial charge is 0.388 e. The highest BCUT2D eigenvalue weighted by atomic mass is 16.3. The van der Waals surface area contributed by atoms with Gasteiger partial charge >= 0.3 is 0 Å².